The molecule has 2 heterocycles. The molecule has 106 valence electrons. The smallest absolute Gasteiger partial charge is 0.0576 e. The number of hydrogen-bond acceptors (Lipinski definition) is 3. The Morgan fingerprint density at radius 1 is 1.53 bits per heavy atom. The average molecular weight is 262 g/mol. The van der Waals surface area contributed by atoms with Crippen LogP contribution >= 0.6 is 0 Å². The molecule has 2 atom stereocenters. The van der Waals surface area contributed by atoms with Gasteiger partial charge < -0.3 is 10.1 Å². The fourth-order valence-electron chi connectivity index (χ4n) is 2.65. The maximum Gasteiger partial charge on any atom is 0.0576 e. The molecule has 1 fully saturated rings. The molecule has 0 aromatic carbocycles. The van der Waals surface area contributed by atoms with Crippen LogP contribution in [0.15, 0.2) is 18.3 Å². The minimum Gasteiger partial charge on any atom is -0.378 e. The van der Waals surface area contributed by atoms with Crippen molar-refractivity contribution in [1.29, 1.82) is 0 Å². The number of rotatable bonds is 7. The molecule has 1 N–H and O–H groups in total. The number of aromatic nitrogens is 1. The Balaban J connectivity index is 1.94. The van der Waals surface area contributed by atoms with E-state index in [2.05, 4.69) is 36.3 Å². The molecule has 3 heteroatoms. The monoisotopic (exact) mass is 262 g/mol. The van der Waals surface area contributed by atoms with Gasteiger partial charge in [-0.2, -0.15) is 0 Å². The molecule has 2 rings (SSSR count). The molecule has 3 nitrogen and oxygen atoms in total. The lowest BCUT2D eigenvalue weighted by molar-refractivity contribution is 0.0994. The van der Waals surface area contributed by atoms with Crippen molar-refractivity contribution in [2.45, 2.75) is 58.1 Å². The summed E-state index contributed by atoms with van der Waals surface area (Å²) in [6, 6.07) is 4.62. The average Bonchev–Trinajstić information content (AvgIpc) is 2.92. The third-order valence-electron chi connectivity index (χ3n) is 3.74. The van der Waals surface area contributed by atoms with Gasteiger partial charge in [-0.25, -0.2) is 0 Å². The van der Waals surface area contributed by atoms with E-state index in [0.29, 0.717) is 12.1 Å². The van der Waals surface area contributed by atoms with E-state index >= 15 is 0 Å². The second-order valence-corrected chi connectivity index (χ2v) is 5.48. The zero-order valence-electron chi connectivity index (χ0n) is 12.2. The van der Waals surface area contributed by atoms with E-state index in [1.807, 2.05) is 6.20 Å². The first kappa shape index (κ1) is 14.5. The van der Waals surface area contributed by atoms with Gasteiger partial charge in [-0.3, -0.25) is 4.98 Å². The number of nitrogens with zero attached hydrogens (tertiary/aromatic N) is 1. The van der Waals surface area contributed by atoms with E-state index < -0.39 is 0 Å². The molecule has 0 saturated carbocycles. The minimum absolute atomic E-state index is 0.365. The number of aryl methyl sites for hydroxylation is 1. The molecule has 0 spiro atoms. The summed E-state index contributed by atoms with van der Waals surface area (Å²) in [5, 5.41) is 3.62. The third kappa shape index (κ3) is 4.59. The summed E-state index contributed by atoms with van der Waals surface area (Å²) < 4.78 is 5.72. The SMILES string of the molecule is CCCNC(CCC1CCCO1)c1cc(C)ccn1. The van der Waals surface area contributed by atoms with Crippen LogP contribution in [0.4, 0.5) is 0 Å². The molecule has 0 amide bonds. The molecule has 1 aromatic heterocycles. The van der Waals surface area contributed by atoms with Crippen LogP contribution < -0.4 is 5.32 Å². The molecule has 1 saturated heterocycles. The lowest BCUT2D eigenvalue weighted by Crippen LogP contribution is -2.24. The Morgan fingerprint density at radius 2 is 2.42 bits per heavy atom. The Labute approximate surface area is 116 Å². The summed E-state index contributed by atoms with van der Waals surface area (Å²) in [5.41, 5.74) is 2.46. The molecule has 1 aliphatic rings. The Kier molecular flexibility index (Phi) is 5.80. The molecule has 0 aliphatic carbocycles. The van der Waals surface area contributed by atoms with Gasteiger partial charge >= 0.3 is 0 Å². The van der Waals surface area contributed by atoms with E-state index in [0.717, 1.165) is 32.4 Å². The van der Waals surface area contributed by atoms with Crippen molar-refractivity contribution < 1.29 is 4.74 Å². The van der Waals surface area contributed by atoms with Gasteiger partial charge in [0.05, 0.1) is 11.8 Å². The topological polar surface area (TPSA) is 34.1 Å². The van der Waals surface area contributed by atoms with Crippen molar-refractivity contribution in [3.63, 3.8) is 0 Å². The largest absolute Gasteiger partial charge is 0.378 e. The molecule has 2 unspecified atom stereocenters. The van der Waals surface area contributed by atoms with Crippen LogP contribution in [0.25, 0.3) is 0 Å². The van der Waals surface area contributed by atoms with Crippen LogP contribution in [0.1, 0.15) is 56.3 Å². The molecule has 1 aromatic rings. The molecule has 1 aliphatic heterocycles. The second kappa shape index (κ2) is 7.61. The highest BCUT2D eigenvalue weighted by molar-refractivity contribution is 5.17. The van der Waals surface area contributed by atoms with Gasteiger partial charge in [0.2, 0.25) is 0 Å². The molecule has 19 heavy (non-hydrogen) atoms. The van der Waals surface area contributed by atoms with Crippen molar-refractivity contribution in [3.8, 4) is 0 Å². The second-order valence-electron chi connectivity index (χ2n) is 5.48. The van der Waals surface area contributed by atoms with Crippen molar-refractivity contribution in [2.75, 3.05) is 13.2 Å². The zero-order valence-corrected chi connectivity index (χ0v) is 12.2. The Morgan fingerprint density at radius 3 is 3.11 bits per heavy atom. The number of ether oxygens (including phenoxy) is 1. The van der Waals surface area contributed by atoms with Gasteiger partial charge in [-0.1, -0.05) is 6.92 Å². The van der Waals surface area contributed by atoms with Crippen LogP contribution in [-0.4, -0.2) is 24.2 Å². The van der Waals surface area contributed by atoms with Crippen LogP contribution in [0.5, 0.6) is 0 Å². The van der Waals surface area contributed by atoms with E-state index in [1.165, 1.54) is 24.1 Å². The standard InChI is InChI=1S/C16H26N2O/c1-3-9-17-15(7-6-14-5-4-11-19-14)16-12-13(2)8-10-18-16/h8,10,12,14-15,17H,3-7,9,11H2,1-2H3. The molecular formula is C16H26N2O. The maximum absolute atomic E-state index is 5.72. The van der Waals surface area contributed by atoms with Gasteiger partial charge in [-0.15, -0.1) is 0 Å². The Bertz CT molecular complexity index is 375. The maximum atomic E-state index is 5.72. The van der Waals surface area contributed by atoms with Gasteiger partial charge in [0.1, 0.15) is 0 Å². The third-order valence-corrected chi connectivity index (χ3v) is 3.74. The summed E-state index contributed by atoms with van der Waals surface area (Å²) in [7, 11) is 0. The predicted molar refractivity (Wildman–Crippen MR) is 78.2 cm³/mol. The summed E-state index contributed by atoms with van der Waals surface area (Å²) in [5.74, 6) is 0. The fourth-order valence-corrected chi connectivity index (χ4v) is 2.65. The first-order chi connectivity index (χ1) is 9.29. The van der Waals surface area contributed by atoms with Crippen molar-refractivity contribution >= 4 is 0 Å². The first-order valence-electron chi connectivity index (χ1n) is 7.57. The van der Waals surface area contributed by atoms with Crippen LogP contribution in [-0.2, 0) is 4.74 Å². The van der Waals surface area contributed by atoms with Gasteiger partial charge in [-0.05, 0) is 63.3 Å². The van der Waals surface area contributed by atoms with E-state index in [4.69, 9.17) is 4.74 Å². The molecule has 0 radical (unpaired) electrons. The van der Waals surface area contributed by atoms with Crippen molar-refractivity contribution in [3.05, 3.63) is 29.6 Å². The summed E-state index contributed by atoms with van der Waals surface area (Å²) >= 11 is 0. The highest BCUT2D eigenvalue weighted by Gasteiger charge is 2.19. The van der Waals surface area contributed by atoms with Gasteiger partial charge in [0, 0.05) is 18.8 Å². The predicted octanol–water partition coefficient (Wildman–Crippen LogP) is 3.39. The van der Waals surface area contributed by atoms with E-state index in [-0.39, 0.29) is 0 Å². The van der Waals surface area contributed by atoms with Crippen molar-refractivity contribution in [1.82, 2.24) is 10.3 Å². The van der Waals surface area contributed by atoms with Gasteiger partial charge in [0.25, 0.3) is 0 Å². The zero-order chi connectivity index (χ0) is 13.5. The van der Waals surface area contributed by atoms with Gasteiger partial charge in [0.15, 0.2) is 0 Å². The lowest BCUT2D eigenvalue weighted by atomic mass is 10.0. The molecular weight excluding hydrogens is 236 g/mol. The normalized spacial score (nSPS) is 20.6. The van der Waals surface area contributed by atoms with E-state index in [1.54, 1.807) is 0 Å². The van der Waals surface area contributed by atoms with Crippen LogP contribution in [0, 0.1) is 6.92 Å². The summed E-state index contributed by atoms with van der Waals surface area (Å²) in [6.45, 7) is 6.32. The van der Waals surface area contributed by atoms with Crippen LogP contribution in [0.2, 0.25) is 0 Å². The highest BCUT2D eigenvalue weighted by atomic mass is 16.5. The van der Waals surface area contributed by atoms with E-state index in [9.17, 15) is 0 Å². The lowest BCUT2D eigenvalue weighted by Gasteiger charge is -2.20. The van der Waals surface area contributed by atoms with Crippen molar-refractivity contribution in [2.24, 2.45) is 0 Å². The fraction of sp³-hybridized carbons (Fsp3) is 0.688. The summed E-state index contributed by atoms with van der Waals surface area (Å²) in [6.07, 6.45) is 8.23. The number of pyridine rings is 1. The highest BCUT2D eigenvalue weighted by Crippen LogP contribution is 2.23. The number of hydrogen-bond donors (Lipinski definition) is 1. The quantitative estimate of drug-likeness (QED) is 0.818. The number of nitrogens with one attached hydrogen (secondary N) is 1. The summed E-state index contributed by atoms with van der Waals surface area (Å²) in [4.78, 5) is 4.53. The minimum atomic E-state index is 0.365. The molecule has 0 bridgehead atoms. The first-order valence-corrected chi connectivity index (χ1v) is 7.57. The Hall–Kier alpha value is -0.930. The van der Waals surface area contributed by atoms with Crippen LogP contribution in [0.3, 0.4) is 0 Å².